The van der Waals surface area contributed by atoms with Gasteiger partial charge in [-0.2, -0.15) is 0 Å². The molecule has 1 fully saturated rings. The molecule has 1 amide bonds. The highest BCUT2D eigenvalue weighted by Crippen LogP contribution is 2.16. The number of carbonyl (C=O) groups excluding carboxylic acids is 2. The number of Topliss-reactive ketones (excluding diaryl/α,β-unsaturated/α-hetero) is 1. The van der Waals surface area contributed by atoms with Crippen molar-refractivity contribution in [3.05, 3.63) is 29.8 Å². The smallest absolute Gasteiger partial charge is 0.260 e. The summed E-state index contributed by atoms with van der Waals surface area (Å²) in [6.45, 7) is 6.27. The van der Waals surface area contributed by atoms with E-state index in [4.69, 9.17) is 4.74 Å². The summed E-state index contributed by atoms with van der Waals surface area (Å²) in [5, 5.41) is 6.39. The molecule has 0 bridgehead atoms. The maximum Gasteiger partial charge on any atom is 0.260 e. The zero-order chi connectivity index (χ0) is 16.1. The molecular weight excluding hydrogens is 316 g/mol. The molecular formula is C17H25ClN2O3. The fourth-order valence-corrected chi connectivity index (χ4v) is 2.63. The molecule has 1 aliphatic heterocycles. The first-order chi connectivity index (χ1) is 10.5. The second-order valence-corrected chi connectivity index (χ2v) is 5.93. The van der Waals surface area contributed by atoms with Crippen molar-refractivity contribution in [2.75, 3.05) is 6.54 Å². The second kappa shape index (κ2) is 8.89. The lowest BCUT2D eigenvalue weighted by Crippen LogP contribution is -2.49. The molecule has 0 radical (unpaired) electrons. The van der Waals surface area contributed by atoms with Crippen molar-refractivity contribution in [1.82, 2.24) is 10.6 Å². The Morgan fingerprint density at radius 2 is 2.13 bits per heavy atom. The van der Waals surface area contributed by atoms with Crippen LogP contribution in [0, 0.1) is 0 Å². The Kier molecular flexibility index (Phi) is 7.52. The molecule has 2 rings (SSSR count). The Morgan fingerprint density at radius 3 is 2.78 bits per heavy atom. The van der Waals surface area contributed by atoms with Gasteiger partial charge in [0.15, 0.2) is 11.9 Å². The van der Waals surface area contributed by atoms with Crippen molar-refractivity contribution in [2.45, 2.75) is 51.8 Å². The van der Waals surface area contributed by atoms with Crippen molar-refractivity contribution in [1.29, 1.82) is 0 Å². The number of ketones is 1. The van der Waals surface area contributed by atoms with Gasteiger partial charge in [0, 0.05) is 17.6 Å². The molecule has 0 aliphatic carbocycles. The fourth-order valence-electron chi connectivity index (χ4n) is 2.63. The largest absolute Gasteiger partial charge is 0.481 e. The van der Waals surface area contributed by atoms with Crippen molar-refractivity contribution >= 4 is 24.1 Å². The number of ether oxygens (including phenoxy) is 1. The number of hydrogen-bond donors (Lipinski definition) is 2. The molecule has 23 heavy (non-hydrogen) atoms. The minimum absolute atomic E-state index is 0. The summed E-state index contributed by atoms with van der Waals surface area (Å²) in [6, 6.07) is 7.52. The average Bonchev–Trinajstić information content (AvgIpc) is 2.47. The lowest BCUT2D eigenvalue weighted by molar-refractivity contribution is -0.128. The molecule has 128 valence electrons. The zero-order valence-electron chi connectivity index (χ0n) is 13.8. The maximum atomic E-state index is 12.2. The number of halogens is 1. The predicted molar refractivity (Wildman–Crippen MR) is 92.4 cm³/mol. The molecule has 0 saturated carbocycles. The molecule has 0 aromatic heterocycles. The Bertz CT molecular complexity index is 550. The highest BCUT2D eigenvalue weighted by Gasteiger charge is 2.23. The topological polar surface area (TPSA) is 67.4 Å². The van der Waals surface area contributed by atoms with Crippen LogP contribution in [0.2, 0.25) is 0 Å². The normalized spacial score (nSPS) is 21.7. The molecule has 3 atom stereocenters. The van der Waals surface area contributed by atoms with Crippen LogP contribution < -0.4 is 15.4 Å². The third-order valence-electron chi connectivity index (χ3n) is 3.89. The van der Waals surface area contributed by atoms with Crippen LogP contribution in [0.4, 0.5) is 0 Å². The monoisotopic (exact) mass is 340 g/mol. The van der Waals surface area contributed by atoms with Gasteiger partial charge in [-0.3, -0.25) is 9.59 Å². The van der Waals surface area contributed by atoms with E-state index in [-0.39, 0.29) is 30.1 Å². The van der Waals surface area contributed by atoms with Gasteiger partial charge in [0.2, 0.25) is 0 Å². The van der Waals surface area contributed by atoms with E-state index >= 15 is 0 Å². The first-order valence-electron chi connectivity index (χ1n) is 7.77. The summed E-state index contributed by atoms with van der Waals surface area (Å²) < 4.78 is 5.66. The first kappa shape index (κ1) is 19.5. The van der Waals surface area contributed by atoms with Gasteiger partial charge in [-0.1, -0.05) is 12.1 Å². The van der Waals surface area contributed by atoms with Crippen molar-refractivity contribution < 1.29 is 14.3 Å². The highest BCUT2D eigenvalue weighted by molar-refractivity contribution is 5.94. The van der Waals surface area contributed by atoms with Crippen LogP contribution in [-0.4, -0.2) is 36.4 Å². The van der Waals surface area contributed by atoms with Gasteiger partial charge in [-0.05, 0) is 52.3 Å². The molecule has 5 nitrogen and oxygen atoms in total. The van der Waals surface area contributed by atoms with Gasteiger partial charge in [-0.15, -0.1) is 12.4 Å². The fraction of sp³-hybridized carbons (Fsp3) is 0.529. The van der Waals surface area contributed by atoms with E-state index in [0.717, 1.165) is 19.4 Å². The number of nitrogens with one attached hydrogen (secondary N) is 2. The van der Waals surface area contributed by atoms with Gasteiger partial charge >= 0.3 is 0 Å². The molecule has 2 N–H and O–H groups in total. The Morgan fingerprint density at radius 1 is 1.39 bits per heavy atom. The van der Waals surface area contributed by atoms with E-state index in [0.29, 0.717) is 17.4 Å². The number of hydrogen-bond acceptors (Lipinski definition) is 4. The summed E-state index contributed by atoms with van der Waals surface area (Å²) in [6.07, 6.45) is 1.27. The minimum Gasteiger partial charge on any atom is -0.481 e. The molecule has 1 aromatic rings. The third-order valence-corrected chi connectivity index (χ3v) is 3.89. The maximum absolute atomic E-state index is 12.2. The molecule has 1 saturated heterocycles. The first-order valence-corrected chi connectivity index (χ1v) is 7.77. The summed E-state index contributed by atoms with van der Waals surface area (Å²) in [5.41, 5.74) is 0.581. The summed E-state index contributed by atoms with van der Waals surface area (Å²) >= 11 is 0. The number of carbonyl (C=O) groups is 2. The van der Waals surface area contributed by atoms with E-state index in [1.54, 1.807) is 31.2 Å². The lowest BCUT2D eigenvalue weighted by Gasteiger charge is -2.29. The predicted octanol–water partition coefficient (Wildman–Crippen LogP) is 2.34. The number of benzene rings is 1. The Balaban J connectivity index is 0.00000264. The zero-order valence-corrected chi connectivity index (χ0v) is 14.6. The van der Waals surface area contributed by atoms with E-state index in [1.807, 2.05) is 0 Å². The van der Waals surface area contributed by atoms with Gasteiger partial charge in [0.25, 0.3) is 5.91 Å². The van der Waals surface area contributed by atoms with Gasteiger partial charge in [-0.25, -0.2) is 0 Å². The van der Waals surface area contributed by atoms with Crippen molar-refractivity contribution in [2.24, 2.45) is 0 Å². The molecule has 6 heteroatoms. The van der Waals surface area contributed by atoms with Crippen LogP contribution in [0.1, 0.15) is 44.0 Å². The van der Waals surface area contributed by atoms with E-state index in [2.05, 4.69) is 17.6 Å². The van der Waals surface area contributed by atoms with Gasteiger partial charge in [0.05, 0.1) is 0 Å². The summed E-state index contributed by atoms with van der Waals surface area (Å²) in [4.78, 5) is 23.6. The summed E-state index contributed by atoms with van der Waals surface area (Å²) in [5.74, 6) is 0.396. The van der Waals surface area contributed by atoms with Crippen LogP contribution in [0.3, 0.4) is 0 Å². The Hall–Kier alpha value is -1.59. The highest BCUT2D eigenvalue weighted by atomic mass is 35.5. The number of amides is 1. The third kappa shape index (κ3) is 5.84. The molecule has 0 spiro atoms. The standard InChI is InChI=1S/C17H24N2O3.ClH/c1-11-9-15(7-8-18-11)19-17(21)13(3)22-16-6-4-5-14(10-16)12(2)20;/h4-6,10-11,13,15,18H,7-9H2,1-3H3,(H,19,21);1H. The van der Waals surface area contributed by atoms with Gasteiger partial charge < -0.3 is 15.4 Å². The van der Waals surface area contributed by atoms with E-state index in [9.17, 15) is 9.59 Å². The van der Waals surface area contributed by atoms with Crippen LogP contribution >= 0.6 is 12.4 Å². The van der Waals surface area contributed by atoms with Gasteiger partial charge in [0.1, 0.15) is 5.75 Å². The van der Waals surface area contributed by atoms with Crippen LogP contribution in [0.15, 0.2) is 24.3 Å². The van der Waals surface area contributed by atoms with Crippen LogP contribution in [0.25, 0.3) is 0 Å². The second-order valence-electron chi connectivity index (χ2n) is 5.93. The average molecular weight is 341 g/mol. The van der Waals surface area contributed by atoms with E-state index in [1.165, 1.54) is 6.92 Å². The SMILES string of the molecule is CC(=O)c1cccc(OC(C)C(=O)NC2CCNC(C)C2)c1.Cl. The van der Waals surface area contributed by atoms with Crippen LogP contribution in [0.5, 0.6) is 5.75 Å². The molecule has 1 aliphatic rings. The van der Waals surface area contributed by atoms with Crippen LogP contribution in [-0.2, 0) is 4.79 Å². The lowest BCUT2D eigenvalue weighted by atomic mass is 10.0. The summed E-state index contributed by atoms with van der Waals surface area (Å²) in [7, 11) is 0. The van der Waals surface area contributed by atoms with E-state index < -0.39 is 6.10 Å². The number of piperidine rings is 1. The molecule has 1 heterocycles. The van der Waals surface area contributed by atoms with Crippen molar-refractivity contribution in [3.63, 3.8) is 0 Å². The molecule has 1 aromatic carbocycles. The molecule has 3 unspecified atom stereocenters. The Labute approximate surface area is 143 Å². The minimum atomic E-state index is -0.590. The quantitative estimate of drug-likeness (QED) is 0.807. The van der Waals surface area contributed by atoms with Crippen molar-refractivity contribution in [3.8, 4) is 5.75 Å². The number of rotatable bonds is 5.